The van der Waals surface area contributed by atoms with Crippen LogP contribution in [0.3, 0.4) is 0 Å². The first-order valence-corrected chi connectivity index (χ1v) is 14.3. The third kappa shape index (κ3) is 6.51. The molecule has 4 aromatic rings. The van der Waals surface area contributed by atoms with E-state index in [0.29, 0.717) is 24.9 Å². The predicted molar refractivity (Wildman–Crippen MR) is 164 cm³/mol. The highest BCUT2D eigenvalue weighted by molar-refractivity contribution is 6.25. The molecule has 1 aliphatic rings. The number of amides is 3. The summed E-state index contributed by atoms with van der Waals surface area (Å²) in [6.45, 7) is 6.24. The molecule has 0 saturated heterocycles. The third-order valence-electron chi connectivity index (χ3n) is 7.46. The zero-order valence-corrected chi connectivity index (χ0v) is 24.3. The largest absolute Gasteiger partial charge is 0.350 e. The van der Waals surface area contributed by atoms with Crippen molar-refractivity contribution < 1.29 is 18.8 Å². The number of nitrogens with zero attached hydrogens (tertiary/aromatic N) is 2. The van der Waals surface area contributed by atoms with Crippen molar-refractivity contribution in [1.29, 1.82) is 0 Å². The van der Waals surface area contributed by atoms with Gasteiger partial charge in [-0.3, -0.25) is 14.4 Å². The van der Waals surface area contributed by atoms with Crippen molar-refractivity contribution in [3.8, 4) is 0 Å². The number of carbonyl (C=O) groups excluding carboxylic acids is 3. The lowest BCUT2D eigenvalue weighted by atomic mass is 10.00. The van der Waals surface area contributed by atoms with Crippen LogP contribution in [0, 0.1) is 5.82 Å². The van der Waals surface area contributed by atoms with E-state index in [9.17, 15) is 18.8 Å². The highest BCUT2D eigenvalue weighted by atomic mass is 19.1. The second kappa shape index (κ2) is 12.1. The molecule has 1 atom stereocenters. The van der Waals surface area contributed by atoms with Crippen LogP contribution in [-0.2, 0) is 22.6 Å². The van der Waals surface area contributed by atoms with Gasteiger partial charge in [0.25, 0.3) is 5.91 Å². The minimum absolute atomic E-state index is 0.0658. The van der Waals surface area contributed by atoms with Gasteiger partial charge in [-0.25, -0.2) is 4.39 Å². The third-order valence-corrected chi connectivity index (χ3v) is 7.46. The number of benzene rings is 4. The maximum Gasteiger partial charge on any atom is 0.258 e. The number of nitrogens with one attached hydrogen (secondary N) is 1. The number of hydrogen-bond donors (Lipinski definition) is 1. The maximum atomic E-state index is 13.9. The molecular formula is C35H36FN3O3. The van der Waals surface area contributed by atoms with E-state index in [4.69, 9.17) is 0 Å². The molecule has 0 aromatic heterocycles. The quantitative estimate of drug-likeness (QED) is 0.246. The number of halogens is 1. The molecule has 1 heterocycles. The van der Waals surface area contributed by atoms with Crippen LogP contribution >= 0.6 is 0 Å². The van der Waals surface area contributed by atoms with Crippen LogP contribution in [0.15, 0.2) is 91.0 Å². The molecule has 0 radical (unpaired) electrons. The average molecular weight is 566 g/mol. The summed E-state index contributed by atoms with van der Waals surface area (Å²) in [7, 11) is 0. The van der Waals surface area contributed by atoms with Crippen LogP contribution in [0.25, 0.3) is 10.8 Å². The fourth-order valence-electron chi connectivity index (χ4n) is 5.53. The fourth-order valence-corrected chi connectivity index (χ4v) is 5.53. The number of rotatable bonds is 10. The monoisotopic (exact) mass is 565 g/mol. The Hall–Kier alpha value is -4.52. The van der Waals surface area contributed by atoms with Crippen LogP contribution in [0.5, 0.6) is 0 Å². The Morgan fingerprint density at radius 1 is 0.881 bits per heavy atom. The van der Waals surface area contributed by atoms with E-state index in [2.05, 4.69) is 5.32 Å². The zero-order chi connectivity index (χ0) is 29.9. The fraction of sp³-hybridized carbons (Fsp3) is 0.286. The van der Waals surface area contributed by atoms with Crippen LogP contribution < -0.4 is 10.2 Å². The SMILES string of the molecule is CC(C)(C)NC(=O)[C@@H](Cc1ccccc1)N(Cc1ccc(F)cc1)C(=O)CCCN1C(=O)c2cccc3cccc1c23. The first-order chi connectivity index (χ1) is 20.1. The Bertz CT molecular complexity index is 1590. The van der Waals surface area contributed by atoms with Gasteiger partial charge < -0.3 is 15.1 Å². The minimum Gasteiger partial charge on any atom is -0.350 e. The van der Waals surface area contributed by atoms with Gasteiger partial charge in [0.1, 0.15) is 11.9 Å². The lowest BCUT2D eigenvalue weighted by molar-refractivity contribution is -0.142. The molecule has 4 aromatic carbocycles. The molecule has 0 fully saturated rings. The van der Waals surface area contributed by atoms with E-state index in [1.807, 2.05) is 87.5 Å². The van der Waals surface area contributed by atoms with Crippen molar-refractivity contribution >= 4 is 34.2 Å². The normalized spacial score (nSPS) is 13.3. The predicted octanol–water partition coefficient (Wildman–Crippen LogP) is 6.27. The highest BCUT2D eigenvalue weighted by Gasteiger charge is 2.33. The Labute approximate surface area is 246 Å². The molecule has 5 rings (SSSR count). The molecule has 6 nitrogen and oxygen atoms in total. The van der Waals surface area contributed by atoms with Crippen molar-refractivity contribution in [2.75, 3.05) is 11.4 Å². The van der Waals surface area contributed by atoms with Crippen LogP contribution in [0.4, 0.5) is 10.1 Å². The lowest BCUT2D eigenvalue weighted by Gasteiger charge is -2.34. The maximum absolute atomic E-state index is 13.9. The molecule has 3 amide bonds. The second-order valence-corrected chi connectivity index (χ2v) is 11.8. The summed E-state index contributed by atoms with van der Waals surface area (Å²) < 4.78 is 13.7. The summed E-state index contributed by atoms with van der Waals surface area (Å²) in [6.07, 6.45) is 0.900. The van der Waals surface area contributed by atoms with Gasteiger partial charge in [0.2, 0.25) is 11.8 Å². The topological polar surface area (TPSA) is 69.7 Å². The van der Waals surface area contributed by atoms with Crippen LogP contribution in [0.2, 0.25) is 0 Å². The van der Waals surface area contributed by atoms with Gasteiger partial charge in [-0.1, -0.05) is 66.7 Å². The first-order valence-electron chi connectivity index (χ1n) is 14.3. The van der Waals surface area contributed by atoms with Gasteiger partial charge in [0.15, 0.2) is 0 Å². The smallest absolute Gasteiger partial charge is 0.258 e. The molecule has 0 bridgehead atoms. The van der Waals surface area contributed by atoms with E-state index >= 15 is 0 Å². The Kier molecular flexibility index (Phi) is 8.39. The van der Waals surface area contributed by atoms with Gasteiger partial charge in [-0.05, 0) is 68.0 Å². The highest BCUT2D eigenvalue weighted by Crippen LogP contribution is 2.37. The first kappa shape index (κ1) is 29.0. The van der Waals surface area contributed by atoms with Gasteiger partial charge in [0, 0.05) is 42.4 Å². The van der Waals surface area contributed by atoms with Crippen molar-refractivity contribution in [3.63, 3.8) is 0 Å². The molecular weight excluding hydrogens is 529 g/mol. The molecule has 0 unspecified atom stereocenters. The van der Waals surface area contributed by atoms with E-state index in [-0.39, 0.29) is 36.5 Å². The molecule has 0 spiro atoms. The lowest BCUT2D eigenvalue weighted by Crippen LogP contribution is -2.54. The van der Waals surface area contributed by atoms with Gasteiger partial charge in [-0.2, -0.15) is 0 Å². The molecule has 7 heteroatoms. The zero-order valence-electron chi connectivity index (χ0n) is 24.3. The Morgan fingerprint density at radius 2 is 1.57 bits per heavy atom. The Balaban J connectivity index is 1.38. The van der Waals surface area contributed by atoms with Crippen LogP contribution in [-0.4, -0.2) is 40.7 Å². The summed E-state index contributed by atoms with van der Waals surface area (Å²) in [4.78, 5) is 44.2. The summed E-state index contributed by atoms with van der Waals surface area (Å²) in [5.74, 6) is -0.886. The summed E-state index contributed by atoms with van der Waals surface area (Å²) >= 11 is 0. The number of carbonyl (C=O) groups is 3. The van der Waals surface area contributed by atoms with Crippen molar-refractivity contribution in [3.05, 3.63) is 114 Å². The minimum atomic E-state index is -0.782. The van der Waals surface area contributed by atoms with Crippen molar-refractivity contribution in [2.24, 2.45) is 0 Å². The molecule has 1 aliphatic heterocycles. The number of anilines is 1. The standard InChI is InChI=1S/C35H36FN3O3/c1-35(2,3)37-33(41)30(22-24-10-5-4-6-11-24)39(23-25-17-19-27(36)20-18-25)31(40)16-9-21-38-29-15-8-13-26-12-7-14-28(32(26)29)34(38)42/h4-8,10-15,17-20,30H,9,16,21-23H2,1-3H3,(H,37,41)/t30-/m1/s1. The Morgan fingerprint density at radius 3 is 2.26 bits per heavy atom. The number of hydrogen-bond acceptors (Lipinski definition) is 3. The van der Waals surface area contributed by atoms with E-state index in [0.717, 1.165) is 27.6 Å². The van der Waals surface area contributed by atoms with Crippen LogP contribution in [0.1, 0.15) is 55.1 Å². The molecule has 1 N–H and O–H groups in total. The molecule has 216 valence electrons. The van der Waals surface area contributed by atoms with Gasteiger partial charge in [0.05, 0.1) is 5.69 Å². The van der Waals surface area contributed by atoms with Crippen molar-refractivity contribution in [2.45, 2.75) is 58.2 Å². The average Bonchev–Trinajstić information content (AvgIpc) is 3.23. The van der Waals surface area contributed by atoms with E-state index in [1.165, 1.54) is 12.1 Å². The summed E-state index contributed by atoms with van der Waals surface area (Å²) in [6, 6.07) is 26.4. The summed E-state index contributed by atoms with van der Waals surface area (Å²) in [5, 5.41) is 5.00. The molecule has 0 aliphatic carbocycles. The molecule has 0 saturated carbocycles. The van der Waals surface area contributed by atoms with Gasteiger partial charge in [-0.15, -0.1) is 0 Å². The van der Waals surface area contributed by atoms with Crippen molar-refractivity contribution in [1.82, 2.24) is 10.2 Å². The van der Waals surface area contributed by atoms with E-state index < -0.39 is 11.6 Å². The van der Waals surface area contributed by atoms with Gasteiger partial charge >= 0.3 is 0 Å². The van der Waals surface area contributed by atoms with E-state index in [1.54, 1.807) is 21.9 Å². The molecule has 42 heavy (non-hydrogen) atoms. The second-order valence-electron chi connectivity index (χ2n) is 11.8. The summed E-state index contributed by atoms with van der Waals surface area (Å²) in [5.41, 5.74) is 2.69.